The highest BCUT2D eigenvalue weighted by molar-refractivity contribution is 7.26. The van der Waals surface area contributed by atoms with E-state index in [1.165, 1.54) is 0 Å². The molecule has 0 aliphatic carbocycles. The average Bonchev–Trinajstić information content (AvgIpc) is 2.26. The molecule has 1 atom stereocenters. The van der Waals surface area contributed by atoms with E-state index in [1.807, 2.05) is 26.8 Å². The summed E-state index contributed by atoms with van der Waals surface area (Å²) in [5.74, 6) is 0.502. The first-order valence-corrected chi connectivity index (χ1v) is 7.34. The molecule has 0 spiro atoms. The summed E-state index contributed by atoms with van der Waals surface area (Å²) in [6.07, 6.45) is 0. The lowest BCUT2D eigenvalue weighted by Gasteiger charge is -2.31. The van der Waals surface area contributed by atoms with E-state index in [0.717, 1.165) is 11.1 Å². The summed E-state index contributed by atoms with van der Waals surface area (Å²) < 4.78 is 25.5. The van der Waals surface area contributed by atoms with E-state index in [-0.39, 0.29) is 25.7 Å². The Bertz CT molecular complexity index is 498. The van der Waals surface area contributed by atoms with Crippen molar-refractivity contribution in [2.45, 2.75) is 59.0 Å². The standard InChI is InChI=1S/C15H22FO2P/c1-14(2,3)10-7-11(15(4,5)6)13-9(12(10)16)8-17-19-18-13/h7,19H,8H2,1-6H3. The molecule has 0 radical (unpaired) electrons. The van der Waals surface area contributed by atoms with Crippen LogP contribution in [-0.2, 0) is 22.0 Å². The molecule has 0 saturated heterocycles. The van der Waals surface area contributed by atoms with Gasteiger partial charge in [-0.05, 0) is 22.5 Å². The molecule has 4 heteroatoms. The van der Waals surface area contributed by atoms with E-state index >= 15 is 0 Å². The van der Waals surface area contributed by atoms with E-state index in [1.54, 1.807) is 0 Å². The Balaban J connectivity index is 2.74. The average molecular weight is 284 g/mol. The van der Waals surface area contributed by atoms with E-state index in [9.17, 15) is 4.39 Å². The topological polar surface area (TPSA) is 18.5 Å². The van der Waals surface area contributed by atoms with Crippen LogP contribution in [0.2, 0.25) is 0 Å². The number of hydrogen-bond donors (Lipinski definition) is 0. The van der Waals surface area contributed by atoms with Crippen LogP contribution < -0.4 is 4.52 Å². The lowest BCUT2D eigenvalue weighted by atomic mass is 9.78. The minimum absolute atomic E-state index is 0.0427. The molecule has 0 saturated carbocycles. The smallest absolute Gasteiger partial charge is 0.215 e. The Hall–Kier alpha value is -0.660. The summed E-state index contributed by atoms with van der Waals surface area (Å²) in [5, 5.41) is 0. The molecule has 1 aromatic rings. The van der Waals surface area contributed by atoms with Crippen LogP contribution in [0.4, 0.5) is 4.39 Å². The molecule has 1 heterocycles. The zero-order chi connectivity index (χ0) is 14.4. The van der Waals surface area contributed by atoms with Crippen molar-refractivity contribution in [1.82, 2.24) is 0 Å². The normalized spacial score (nSPS) is 17.2. The van der Waals surface area contributed by atoms with Crippen LogP contribution in [0.3, 0.4) is 0 Å². The molecule has 1 unspecified atom stereocenters. The molecule has 19 heavy (non-hydrogen) atoms. The number of rotatable bonds is 0. The highest BCUT2D eigenvalue weighted by atomic mass is 31.1. The van der Waals surface area contributed by atoms with Crippen LogP contribution in [-0.4, -0.2) is 0 Å². The van der Waals surface area contributed by atoms with Crippen LogP contribution in [0.15, 0.2) is 6.07 Å². The number of hydrogen-bond acceptors (Lipinski definition) is 2. The fourth-order valence-electron chi connectivity index (χ4n) is 2.22. The van der Waals surface area contributed by atoms with Gasteiger partial charge in [-0.2, -0.15) is 0 Å². The van der Waals surface area contributed by atoms with Crippen LogP contribution in [0.25, 0.3) is 0 Å². The first-order valence-electron chi connectivity index (χ1n) is 6.52. The molecular formula is C15H22FO2P. The molecule has 0 N–H and O–H groups in total. The maximum atomic E-state index is 14.7. The first-order chi connectivity index (χ1) is 8.62. The molecule has 0 bridgehead atoms. The van der Waals surface area contributed by atoms with Crippen LogP contribution in [0.5, 0.6) is 5.75 Å². The summed E-state index contributed by atoms with van der Waals surface area (Å²) in [6, 6.07) is 1.96. The summed E-state index contributed by atoms with van der Waals surface area (Å²) in [6.45, 7) is 12.7. The Morgan fingerprint density at radius 1 is 1.05 bits per heavy atom. The molecule has 106 valence electrons. The van der Waals surface area contributed by atoms with Gasteiger partial charge in [0.2, 0.25) is 9.03 Å². The Kier molecular flexibility index (Phi) is 3.66. The predicted molar refractivity (Wildman–Crippen MR) is 77.5 cm³/mol. The molecule has 2 rings (SSSR count). The highest BCUT2D eigenvalue weighted by Crippen LogP contribution is 2.45. The van der Waals surface area contributed by atoms with Gasteiger partial charge < -0.3 is 9.05 Å². The van der Waals surface area contributed by atoms with E-state index in [2.05, 4.69) is 20.8 Å². The van der Waals surface area contributed by atoms with Crippen molar-refractivity contribution in [3.8, 4) is 5.75 Å². The Morgan fingerprint density at radius 2 is 1.63 bits per heavy atom. The zero-order valence-corrected chi connectivity index (χ0v) is 13.5. The second-order valence-electron chi connectivity index (χ2n) is 7.07. The molecule has 2 nitrogen and oxygen atoms in total. The molecule has 1 aliphatic rings. The third-order valence-corrected chi connectivity index (χ3v) is 3.89. The van der Waals surface area contributed by atoms with E-state index < -0.39 is 0 Å². The van der Waals surface area contributed by atoms with Crippen molar-refractivity contribution in [3.63, 3.8) is 0 Å². The van der Waals surface area contributed by atoms with Crippen molar-refractivity contribution in [3.05, 3.63) is 28.6 Å². The first kappa shape index (κ1) is 14.7. The molecule has 0 aromatic heterocycles. The summed E-state index contributed by atoms with van der Waals surface area (Å²) in [5.41, 5.74) is 2.03. The summed E-state index contributed by atoms with van der Waals surface area (Å²) in [4.78, 5) is 0. The maximum Gasteiger partial charge on any atom is 0.215 e. The van der Waals surface area contributed by atoms with Gasteiger partial charge in [0.25, 0.3) is 0 Å². The van der Waals surface area contributed by atoms with Crippen molar-refractivity contribution in [2.24, 2.45) is 0 Å². The number of halogens is 1. The molecule has 0 fully saturated rings. The van der Waals surface area contributed by atoms with Gasteiger partial charge in [0, 0.05) is 5.56 Å². The van der Waals surface area contributed by atoms with Crippen molar-refractivity contribution >= 4 is 9.03 Å². The number of fused-ring (bicyclic) bond motifs is 1. The second-order valence-corrected chi connectivity index (χ2v) is 7.73. The Labute approximate surface area is 116 Å². The Morgan fingerprint density at radius 3 is 2.16 bits per heavy atom. The van der Waals surface area contributed by atoms with Gasteiger partial charge >= 0.3 is 0 Å². The third kappa shape index (κ3) is 2.78. The second kappa shape index (κ2) is 4.71. The monoisotopic (exact) mass is 284 g/mol. The van der Waals surface area contributed by atoms with Gasteiger partial charge in [0.1, 0.15) is 11.6 Å². The zero-order valence-electron chi connectivity index (χ0n) is 12.5. The van der Waals surface area contributed by atoms with Gasteiger partial charge in [-0.1, -0.05) is 41.5 Å². The van der Waals surface area contributed by atoms with Crippen molar-refractivity contribution < 1.29 is 13.4 Å². The largest absolute Gasteiger partial charge is 0.449 e. The van der Waals surface area contributed by atoms with E-state index in [0.29, 0.717) is 17.9 Å². The molecule has 1 aliphatic heterocycles. The van der Waals surface area contributed by atoms with Crippen LogP contribution >= 0.6 is 9.03 Å². The third-order valence-electron chi connectivity index (χ3n) is 3.34. The van der Waals surface area contributed by atoms with Gasteiger partial charge in [0.15, 0.2) is 0 Å². The maximum absolute atomic E-state index is 14.7. The van der Waals surface area contributed by atoms with Gasteiger partial charge in [-0.15, -0.1) is 0 Å². The molecule has 0 amide bonds. The van der Waals surface area contributed by atoms with E-state index in [4.69, 9.17) is 9.05 Å². The van der Waals surface area contributed by atoms with Gasteiger partial charge in [0.05, 0.1) is 12.2 Å². The van der Waals surface area contributed by atoms with Crippen molar-refractivity contribution in [1.29, 1.82) is 0 Å². The quantitative estimate of drug-likeness (QED) is 0.635. The minimum Gasteiger partial charge on any atom is -0.449 e. The predicted octanol–water partition coefficient (Wildman–Crippen LogP) is 4.84. The SMILES string of the molecule is CC(C)(C)c1cc(C(C)(C)C)c2c(c1F)COPO2. The minimum atomic E-state index is -0.237. The summed E-state index contributed by atoms with van der Waals surface area (Å²) in [7, 11) is -0.0427. The fourth-order valence-corrected chi connectivity index (χ4v) is 2.80. The van der Waals surface area contributed by atoms with Crippen LogP contribution in [0.1, 0.15) is 58.2 Å². The summed E-state index contributed by atoms with van der Waals surface area (Å²) >= 11 is 0. The van der Waals surface area contributed by atoms with Gasteiger partial charge in [-0.25, -0.2) is 4.39 Å². The van der Waals surface area contributed by atoms with Crippen molar-refractivity contribution in [2.75, 3.05) is 0 Å². The van der Waals surface area contributed by atoms with Crippen LogP contribution in [0, 0.1) is 5.82 Å². The lowest BCUT2D eigenvalue weighted by Crippen LogP contribution is -2.21. The number of benzene rings is 1. The molecular weight excluding hydrogens is 262 g/mol. The molecule has 1 aromatic carbocycles. The fraction of sp³-hybridized carbons (Fsp3) is 0.600. The highest BCUT2D eigenvalue weighted by Gasteiger charge is 2.31. The lowest BCUT2D eigenvalue weighted by molar-refractivity contribution is 0.280. The van der Waals surface area contributed by atoms with Gasteiger partial charge in [-0.3, -0.25) is 0 Å².